The molecule has 1 aliphatic rings. The number of benzene rings is 1. The molecule has 4 rings (SSSR count). The Morgan fingerprint density at radius 2 is 2.07 bits per heavy atom. The molecule has 1 aromatic carbocycles. The van der Waals surface area contributed by atoms with Gasteiger partial charge in [0.05, 0.1) is 11.7 Å². The Morgan fingerprint density at radius 1 is 1.25 bits per heavy atom. The summed E-state index contributed by atoms with van der Waals surface area (Å²) in [6, 6.07) is 7.95. The summed E-state index contributed by atoms with van der Waals surface area (Å²) in [6.45, 7) is 5.35. The molecule has 1 amide bonds. The lowest BCUT2D eigenvalue weighted by atomic mass is 10.1. The smallest absolute Gasteiger partial charge is 0.274 e. The highest BCUT2D eigenvalue weighted by atomic mass is 16.1. The standard InChI is InChI=1S/C21H26N6O/c1-14(2)12-27(17-5-3-4-6-17)20-10-19(22-13-23-20)21(28)25-16-7-8-18-15(9-16)11-24-26-18/h7-11,13-14,17H,3-6,12H2,1-2H3,(H,24,26)(H,25,28). The van der Waals surface area contributed by atoms with Gasteiger partial charge in [0.2, 0.25) is 0 Å². The van der Waals surface area contributed by atoms with Crippen molar-refractivity contribution in [3.63, 3.8) is 0 Å². The van der Waals surface area contributed by atoms with Crippen molar-refractivity contribution in [2.45, 2.75) is 45.6 Å². The second-order valence-electron chi connectivity index (χ2n) is 7.87. The van der Waals surface area contributed by atoms with Gasteiger partial charge < -0.3 is 10.2 Å². The molecule has 0 unspecified atom stereocenters. The number of nitrogens with one attached hydrogen (secondary N) is 2. The number of carbonyl (C=O) groups is 1. The number of nitrogens with zero attached hydrogens (tertiary/aromatic N) is 4. The minimum atomic E-state index is -0.234. The maximum absolute atomic E-state index is 12.8. The van der Waals surface area contributed by atoms with Crippen molar-refractivity contribution in [1.29, 1.82) is 0 Å². The number of hydrogen-bond donors (Lipinski definition) is 2. The van der Waals surface area contributed by atoms with Crippen molar-refractivity contribution in [1.82, 2.24) is 20.2 Å². The van der Waals surface area contributed by atoms with Gasteiger partial charge in [-0.05, 0) is 37.0 Å². The molecule has 7 heteroatoms. The van der Waals surface area contributed by atoms with Crippen LogP contribution in [0.2, 0.25) is 0 Å². The number of anilines is 2. The predicted octanol–water partition coefficient (Wildman–Crippen LogP) is 4.01. The minimum Gasteiger partial charge on any atom is -0.353 e. The topological polar surface area (TPSA) is 86.8 Å². The number of aromatic amines is 1. The molecule has 1 aliphatic carbocycles. The van der Waals surface area contributed by atoms with Crippen LogP contribution in [0.25, 0.3) is 10.9 Å². The number of amides is 1. The maximum atomic E-state index is 12.8. The largest absolute Gasteiger partial charge is 0.353 e. The van der Waals surface area contributed by atoms with Gasteiger partial charge >= 0.3 is 0 Å². The summed E-state index contributed by atoms with van der Waals surface area (Å²) in [5.74, 6) is 1.13. The van der Waals surface area contributed by atoms with E-state index in [-0.39, 0.29) is 5.91 Å². The molecule has 0 spiro atoms. The molecule has 2 N–H and O–H groups in total. The molecule has 0 bridgehead atoms. The van der Waals surface area contributed by atoms with Crippen LogP contribution in [0.15, 0.2) is 36.8 Å². The second-order valence-corrected chi connectivity index (χ2v) is 7.87. The van der Waals surface area contributed by atoms with Gasteiger partial charge in [0, 0.05) is 29.7 Å². The number of hydrogen-bond acceptors (Lipinski definition) is 5. The van der Waals surface area contributed by atoms with Gasteiger partial charge in [-0.3, -0.25) is 9.89 Å². The predicted molar refractivity (Wildman–Crippen MR) is 111 cm³/mol. The molecule has 28 heavy (non-hydrogen) atoms. The molecule has 0 atom stereocenters. The normalized spacial score (nSPS) is 14.7. The zero-order valence-electron chi connectivity index (χ0n) is 16.4. The van der Waals surface area contributed by atoms with Crippen molar-refractivity contribution in [2.75, 3.05) is 16.8 Å². The number of rotatable bonds is 6. The van der Waals surface area contributed by atoms with E-state index in [1.807, 2.05) is 24.3 Å². The second kappa shape index (κ2) is 7.96. The molecular weight excluding hydrogens is 352 g/mol. The third-order valence-electron chi connectivity index (χ3n) is 5.20. The first-order valence-electron chi connectivity index (χ1n) is 9.93. The lowest BCUT2D eigenvalue weighted by Crippen LogP contribution is -2.37. The average molecular weight is 378 g/mol. The zero-order chi connectivity index (χ0) is 19.5. The molecule has 146 valence electrons. The first-order chi connectivity index (χ1) is 13.6. The van der Waals surface area contributed by atoms with Crippen molar-refractivity contribution >= 4 is 28.3 Å². The quantitative estimate of drug-likeness (QED) is 0.677. The van der Waals surface area contributed by atoms with Crippen LogP contribution in [0.5, 0.6) is 0 Å². The van der Waals surface area contributed by atoms with E-state index in [0.29, 0.717) is 23.3 Å². The Morgan fingerprint density at radius 3 is 2.86 bits per heavy atom. The van der Waals surface area contributed by atoms with Gasteiger partial charge in [0.1, 0.15) is 17.8 Å². The monoisotopic (exact) mass is 378 g/mol. The van der Waals surface area contributed by atoms with Crippen LogP contribution in [-0.2, 0) is 0 Å². The van der Waals surface area contributed by atoms with E-state index < -0.39 is 0 Å². The highest BCUT2D eigenvalue weighted by molar-refractivity contribution is 6.04. The SMILES string of the molecule is CC(C)CN(c1cc(C(=O)Nc2ccc3[nH]ncc3c2)ncn1)C1CCCC1. The summed E-state index contributed by atoms with van der Waals surface area (Å²) >= 11 is 0. The molecule has 2 aromatic heterocycles. The van der Waals surface area contributed by atoms with E-state index >= 15 is 0 Å². The fourth-order valence-electron chi connectivity index (χ4n) is 3.88. The van der Waals surface area contributed by atoms with E-state index in [1.54, 1.807) is 6.20 Å². The molecule has 1 saturated carbocycles. The third kappa shape index (κ3) is 3.98. The van der Waals surface area contributed by atoms with Crippen LogP contribution in [0.1, 0.15) is 50.0 Å². The van der Waals surface area contributed by atoms with Gasteiger partial charge in [0.15, 0.2) is 0 Å². The van der Waals surface area contributed by atoms with Crippen LogP contribution in [0.4, 0.5) is 11.5 Å². The zero-order valence-corrected chi connectivity index (χ0v) is 16.4. The van der Waals surface area contributed by atoms with Crippen LogP contribution >= 0.6 is 0 Å². The summed E-state index contributed by atoms with van der Waals surface area (Å²) in [5, 5.41) is 10.8. The van der Waals surface area contributed by atoms with Crippen LogP contribution in [0, 0.1) is 5.92 Å². The lowest BCUT2D eigenvalue weighted by molar-refractivity contribution is 0.102. The Bertz CT molecular complexity index is 960. The van der Waals surface area contributed by atoms with Crippen LogP contribution < -0.4 is 10.2 Å². The van der Waals surface area contributed by atoms with Crippen LogP contribution in [-0.4, -0.2) is 38.7 Å². The van der Waals surface area contributed by atoms with Gasteiger partial charge in [0.25, 0.3) is 5.91 Å². The Labute approximate surface area is 164 Å². The highest BCUT2D eigenvalue weighted by Crippen LogP contribution is 2.28. The summed E-state index contributed by atoms with van der Waals surface area (Å²) in [4.78, 5) is 23.8. The van der Waals surface area contributed by atoms with E-state index in [1.165, 1.54) is 32.0 Å². The fraction of sp³-hybridized carbons (Fsp3) is 0.429. The third-order valence-corrected chi connectivity index (χ3v) is 5.20. The Kier molecular flexibility index (Phi) is 5.23. The summed E-state index contributed by atoms with van der Waals surface area (Å²) < 4.78 is 0. The summed E-state index contributed by atoms with van der Waals surface area (Å²) in [6.07, 6.45) is 8.11. The minimum absolute atomic E-state index is 0.234. The van der Waals surface area contributed by atoms with Crippen molar-refractivity contribution in [3.05, 3.63) is 42.5 Å². The molecule has 0 radical (unpaired) electrons. The number of carbonyl (C=O) groups excluding carboxylic acids is 1. The van der Waals surface area contributed by atoms with Gasteiger partial charge in [-0.1, -0.05) is 26.7 Å². The van der Waals surface area contributed by atoms with Gasteiger partial charge in [-0.25, -0.2) is 9.97 Å². The molecule has 3 aromatic rings. The van der Waals surface area contributed by atoms with Gasteiger partial charge in [-0.2, -0.15) is 5.10 Å². The Hall–Kier alpha value is -2.96. The molecule has 0 saturated heterocycles. The summed E-state index contributed by atoms with van der Waals surface area (Å²) in [7, 11) is 0. The number of H-pyrrole nitrogens is 1. The van der Waals surface area contributed by atoms with Crippen molar-refractivity contribution in [3.8, 4) is 0 Å². The first kappa shape index (κ1) is 18.4. The molecule has 1 fully saturated rings. The molecular formula is C21H26N6O. The van der Waals surface area contributed by atoms with E-state index in [4.69, 9.17) is 0 Å². The average Bonchev–Trinajstić information content (AvgIpc) is 3.37. The molecule has 0 aliphatic heterocycles. The summed E-state index contributed by atoms with van der Waals surface area (Å²) in [5.41, 5.74) is 2.03. The lowest BCUT2D eigenvalue weighted by Gasteiger charge is -2.31. The van der Waals surface area contributed by atoms with E-state index in [0.717, 1.165) is 23.3 Å². The number of fused-ring (bicyclic) bond motifs is 1. The fourth-order valence-corrected chi connectivity index (χ4v) is 3.88. The Balaban J connectivity index is 1.55. The maximum Gasteiger partial charge on any atom is 0.274 e. The van der Waals surface area contributed by atoms with Crippen molar-refractivity contribution in [2.24, 2.45) is 5.92 Å². The van der Waals surface area contributed by atoms with Crippen LogP contribution in [0.3, 0.4) is 0 Å². The van der Waals surface area contributed by atoms with E-state index in [2.05, 4.69) is 44.2 Å². The number of aromatic nitrogens is 4. The first-order valence-corrected chi connectivity index (χ1v) is 9.93. The highest BCUT2D eigenvalue weighted by Gasteiger charge is 2.25. The van der Waals surface area contributed by atoms with Crippen molar-refractivity contribution < 1.29 is 4.79 Å². The molecule has 2 heterocycles. The van der Waals surface area contributed by atoms with Gasteiger partial charge in [-0.15, -0.1) is 0 Å². The molecule has 7 nitrogen and oxygen atoms in total. The van der Waals surface area contributed by atoms with E-state index in [9.17, 15) is 4.79 Å².